The summed E-state index contributed by atoms with van der Waals surface area (Å²) >= 11 is 0. The second-order valence-corrected chi connectivity index (χ2v) is 8.38. The Morgan fingerprint density at radius 1 is 0.889 bits per heavy atom. The number of nitrogens with one attached hydrogen (secondary N) is 2. The number of carboxylic acid groups (broad SMARTS) is 1. The number of hydrogen-bond acceptors (Lipinski definition) is 10. The maximum atomic E-state index is 11.7. The van der Waals surface area contributed by atoms with Crippen LogP contribution < -0.4 is 15.5 Å². The van der Waals surface area contributed by atoms with Crippen LogP contribution in [0, 0.1) is 6.92 Å². The lowest BCUT2D eigenvalue weighted by molar-refractivity contribution is 0.0697. The van der Waals surface area contributed by atoms with Gasteiger partial charge in [-0.05, 0) is 50.5 Å². The highest BCUT2D eigenvalue weighted by Crippen LogP contribution is 2.27. The highest BCUT2D eigenvalue weighted by atomic mass is 16.4. The van der Waals surface area contributed by atoms with E-state index in [9.17, 15) is 9.90 Å². The average Bonchev–Trinajstić information content (AvgIpc) is 2.89. The molecule has 1 aliphatic rings. The van der Waals surface area contributed by atoms with Gasteiger partial charge in [-0.3, -0.25) is 0 Å². The molecule has 1 fully saturated rings. The fourth-order valence-corrected chi connectivity index (χ4v) is 4.03. The van der Waals surface area contributed by atoms with Crippen molar-refractivity contribution in [2.75, 3.05) is 28.6 Å². The first-order valence-electron chi connectivity index (χ1n) is 11.7. The van der Waals surface area contributed by atoms with Crippen molar-refractivity contribution in [2.45, 2.75) is 26.2 Å². The average molecular weight is 484 g/mol. The molecule has 0 atom stereocenters. The van der Waals surface area contributed by atoms with E-state index in [4.69, 9.17) is 0 Å². The van der Waals surface area contributed by atoms with Crippen molar-refractivity contribution in [3.63, 3.8) is 0 Å². The molecule has 0 unspecified atom stereocenters. The third-order valence-corrected chi connectivity index (χ3v) is 5.73. The Hall–Kier alpha value is -4.67. The summed E-state index contributed by atoms with van der Waals surface area (Å²) in [4.78, 5) is 40.2. The van der Waals surface area contributed by atoms with Crippen LogP contribution in [-0.4, -0.2) is 54.1 Å². The Kier molecular flexibility index (Phi) is 6.61. The van der Waals surface area contributed by atoms with Crippen molar-refractivity contribution in [3.05, 3.63) is 66.2 Å². The number of carbonyl (C=O) groups is 1. The molecule has 182 valence electrons. The Labute approximate surface area is 207 Å². The minimum atomic E-state index is -0.998. The highest BCUT2D eigenvalue weighted by molar-refractivity contribution is 5.94. The zero-order valence-electron chi connectivity index (χ0n) is 19.7. The van der Waals surface area contributed by atoms with Crippen LogP contribution in [0.3, 0.4) is 0 Å². The molecule has 5 heterocycles. The van der Waals surface area contributed by atoms with Crippen LogP contribution in [-0.2, 0) is 0 Å². The van der Waals surface area contributed by atoms with Gasteiger partial charge in [-0.1, -0.05) is 6.07 Å². The topological polar surface area (TPSA) is 142 Å². The molecule has 0 aromatic carbocycles. The van der Waals surface area contributed by atoms with E-state index in [-0.39, 0.29) is 5.56 Å². The third-order valence-electron chi connectivity index (χ3n) is 5.73. The molecule has 0 amide bonds. The number of anilines is 5. The van der Waals surface area contributed by atoms with Gasteiger partial charge in [0.25, 0.3) is 0 Å². The number of aromatic carboxylic acids is 1. The van der Waals surface area contributed by atoms with E-state index in [1.54, 1.807) is 30.6 Å². The van der Waals surface area contributed by atoms with Crippen molar-refractivity contribution in [1.82, 2.24) is 29.9 Å². The summed E-state index contributed by atoms with van der Waals surface area (Å²) in [5.74, 6) is 1.37. The number of rotatable bonds is 7. The molecule has 1 aliphatic heterocycles. The van der Waals surface area contributed by atoms with Gasteiger partial charge < -0.3 is 20.6 Å². The summed E-state index contributed by atoms with van der Waals surface area (Å²) in [7, 11) is 0. The molecule has 0 radical (unpaired) electrons. The number of aryl methyl sites for hydroxylation is 1. The minimum absolute atomic E-state index is 0.182. The number of nitrogens with zero attached hydrogens (tertiary/aromatic N) is 7. The van der Waals surface area contributed by atoms with Crippen LogP contribution in [0.4, 0.5) is 29.1 Å². The Bertz CT molecular complexity index is 1390. The normalized spacial score (nSPS) is 13.3. The SMILES string of the molecule is Cc1cccc(-c2nccc(Nc3ccnc(Nc4cc(N5CCCCC5)c(C(=O)O)cn4)n3)n2)n1. The molecule has 4 aromatic heterocycles. The van der Waals surface area contributed by atoms with Gasteiger partial charge in [0.15, 0.2) is 5.82 Å². The second-order valence-electron chi connectivity index (χ2n) is 8.38. The van der Waals surface area contributed by atoms with Crippen molar-refractivity contribution in [1.29, 1.82) is 0 Å². The van der Waals surface area contributed by atoms with Gasteiger partial charge in [0.05, 0.1) is 5.69 Å². The van der Waals surface area contributed by atoms with Gasteiger partial charge in [0.1, 0.15) is 28.7 Å². The molecule has 0 saturated carbocycles. The zero-order valence-corrected chi connectivity index (χ0v) is 19.7. The molecule has 11 heteroatoms. The van der Waals surface area contributed by atoms with Gasteiger partial charge in [-0.25, -0.2) is 29.7 Å². The number of aromatic nitrogens is 6. The molecule has 36 heavy (non-hydrogen) atoms. The Morgan fingerprint density at radius 3 is 2.44 bits per heavy atom. The number of piperidine rings is 1. The van der Waals surface area contributed by atoms with Crippen molar-refractivity contribution in [3.8, 4) is 11.5 Å². The fourth-order valence-electron chi connectivity index (χ4n) is 4.03. The van der Waals surface area contributed by atoms with E-state index >= 15 is 0 Å². The van der Waals surface area contributed by atoms with Gasteiger partial charge in [0.2, 0.25) is 5.95 Å². The molecule has 0 aliphatic carbocycles. The summed E-state index contributed by atoms with van der Waals surface area (Å²) in [6.45, 7) is 3.55. The van der Waals surface area contributed by atoms with Crippen LogP contribution in [0.15, 0.2) is 55.0 Å². The van der Waals surface area contributed by atoms with Gasteiger partial charge >= 0.3 is 5.97 Å². The summed E-state index contributed by atoms with van der Waals surface area (Å²) in [6.07, 6.45) is 7.86. The predicted octanol–water partition coefficient (Wildman–Crippen LogP) is 4.21. The zero-order chi connectivity index (χ0) is 24.9. The minimum Gasteiger partial charge on any atom is -0.478 e. The summed E-state index contributed by atoms with van der Waals surface area (Å²) in [5.41, 5.74) is 2.40. The van der Waals surface area contributed by atoms with Crippen molar-refractivity contribution < 1.29 is 9.90 Å². The van der Waals surface area contributed by atoms with E-state index in [0.717, 1.165) is 38.0 Å². The van der Waals surface area contributed by atoms with Crippen LogP contribution in [0.1, 0.15) is 35.3 Å². The number of hydrogen-bond donors (Lipinski definition) is 3. The van der Waals surface area contributed by atoms with Crippen LogP contribution in [0.25, 0.3) is 11.5 Å². The maximum absolute atomic E-state index is 11.7. The van der Waals surface area contributed by atoms with E-state index in [0.29, 0.717) is 40.6 Å². The lowest BCUT2D eigenvalue weighted by Gasteiger charge is -2.30. The Balaban J connectivity index is 1.35. The van der Waals surface area contributed by atoms with Crippen LogP contribution in [0.2, 0.25) is 0 Å². The summed E-state index contributed by atoms with van der Waals surface area (Å²) in [5, 5.41) is 15.9. The fraction of sp³-hybridized carbons (Fsp3) is 0.240. The molecule has 0 bridgehead atoms. The molecular formula is C25H25N9O2. The summed E-state index contributed by atoms with van der Waals surface area (Å²) < 4.78 is 0. The summed E-state index contributed by atoms with van der Waals surface area (Å²) in [6, 6.07) is 10.9. The molecule has 5 rings (SSSR count). The van der Waals surface area contributed by atoms with Gasteiger partial charge in [-0.2, -0.15) is 4.98 Å². The highest BCUT2D eigenvalue weighted by Gasteiger charge is 2.20. The quantitative estimate of drug-likeness (QED) is 0.348. The van der Waals surface area contributed by atoms with Gasteiger partial charge in [0, 0.05) is 43.4 Å². The first-order valence-corrected chi connectivity index (χ1v) is 11.7. The largest absolute Gasteiger partial charge is 0.478 e. The number of pyridine rings is 2. The van der Waals surface area contributed by atoms with Gasteiger partial charge in [-0.15, -0.1) is 0 Å². The lowest BCUT2D eigenvalue weighted by atomic mass is 10.1. The molecule has 11 nitrogen and oxygen atoms in total. The van der Waals surface area contributed by atoms with E-state index < -0.39 is 5.97 Å². The molecule has 3 N–H and O–H groups in total. The van der Waals surface area contributed by atoms with Crippen LogP contribution in [0.5, 0.6) is 0 Å². The molecule has 1 saturated heterocycles. The molecular weight excluding hydrogens is 458 g/mol. The van der Waals surface area contributed by atoms with E-state index in [2.05, 4.69) is 45.4 Å². The monoisotopic (exact) mass is 483 g/mol. The third kappa shape index (κ3) is 5.35. The Morgan fingerprint density at radius 2 is 1.67 bits per heavy atom. The van der Waals surface area contributed by atoms with E-state index in [1.807, 2.05) is 25.1 Å². The second kappa shape index (κ2) is 10.3. The molecule has 4 aromatic rings. The molecule has 0 spiro atoms. The standard InChI is InChI=1S/C25H25N9O2/c1-16-6-5-7-18(29-16)23-26-10-8-20(31-23)30-21-9-11-27-25(32-21)33-22-14-19(17(15-28-22)24(35)36)34-12-3-2-4-13-34/h5-11,14-15H,2-4,12-13H2,1H3,(H,35,36)(H2,26,27,28,30,31,32,33). The smallest absolute Gasteiger partial charge is 0.339 e. The van der Waals surface area contributed by atoms with Crippen molar-refractivity contribution in [2.24, 2.45) is 0 Å². The van der Waals surface area contributed by atoms with E-state index in [1.165, 1.54) is 6.20 Å². The lowest BCUT2D eigenvalue weighted by Crippen LogP contribution is -2.31. The van der Waals surface area contributed by atoms with Crippen molar-refractivity contribution >= 4 is 35.1 Å². The first-order chi connectivity index (χ1) is 17.5. The predicted molar refractivity (Wildman–Crippen MR) is 136 cm³/mol. The van der Waals surface area contributed by atoms with Crippen LogP contribution >= 0.6 is 0 Å². The number of carboxylic acids is 1. The first kappa shape index (κ1) is 23.1. The maximum Gasteiger partial charge on any atom is 0.339 e.